The summed E-state index contributed by atoms with van der Waals surface area (Å²) in [5, 5.41) is 14.8. The summed E-state index contributed by atoms with van der Waals surface area (Å²) in [7, 11) is 0. The van der Waals surface area contributed by atoms with Crippen molar-refractivity contribution in [1.82, 2.24) is 0 Å². The third kappa shape index (κ3) is 3.77. The molecule has 0 bridgehead atoms. The van der Waals surface area contributed by atoms with Crippen molar-refractivity contribution in [3.63, 3.8) is 0 Å². The fraction of sp³-hybridized carbons (Fsp3) is 0.818. The van der Waals surface area contributed by atoms with E-state index < -0.39 is 11.9 Å². The Hall–Kier alpha value is -0.452. The minimum Gasteiger partial charge on any atom is -0.473 e. The van der Waals surface area contributed by atoms with Crippen LogP contribution in [0.2, 0.25) is 0 Å². The molecule has 0 heterocycles. The molecule has 0 radical (unpaired) electrons. The molecule has 0 aromatic rings. The number of nitrogens with two attached hydrogens (primary N) is 2. The van der Waals surface area contributed by atoms with E-state index in [1.807, 2.05) is 0 Å². The van der Waals surface area contributed by atoms with Gasteiger partial charge in [0.2, 0.25) is 0 Å². The van der Waals surface area contributed by atoms with Gasteiger partial charge in [-0.05, 0) is 25.7 Å². The molecular formula is C11H20N2O4Pt. The van der Waals surface area contributed by atoms with E-state index in [9.17, 15) is 0 Å². The molecule has 2 aliphatic carbocycles. The molecule has 108 valence electrons. The molecule has 7 heteroatoms. The standard InChI is InChI=1S/C9H18N2.C2H2O4.Pt/c10-7-3-1-5-9(7)6-2-4-8(9)11;3-1(4)2(5)6;/h7-8H,1-6,10-11H2;(H,3,4)(H,5,6);/t7-,8-,9?;;/m1../s1. The van der Waals surface area contributed by atoms with E-state index in [1.54, 1.807) is 0 Å². The molecule has 6 nitrogen and oxygen atoms in total. The Morgan fingerprint density at radius 2 is 1.28 bits per heavy atom. The number of carbonyl (C=O) groups is 2. The van der Waals surface area contributed by atoms with Crippen molar-refractivity contribution in [3.8, 4) is 0 Å². The van der Waals surface area contributed by atoms with Gasteiger partial charge in [0.1, 0.15) is 0 Å². The van der Waals surface area contributed by atoms with Crippen molar-refractivity contribution in [2.75, 3.05) is 0 Å². The molecule has 1 spiro atoms. The average Bonchev–Trinajstić information content (AvgIpc) is 2.78. The fourth-order valence-corrected chi connectivity index (χ4v) is 3.02. The molecule has 0 aliphatic heterocycles. The SMILES string of the molecule is N[C@@H]1CCCC12CCC[C@H]2N.O=C(O)C(=O)O.[Pt]. The third-order valence-electron chi connectivity index (χ3n) is 3.97. The smallest absolute Gasteiger partial charge is 0.414 e. The summed E-state index contributed by atoms with van der Waals surface area (Å²) in [5.41, 5.74) is 12.5. The molecule has 2 fully saturated rings. The molecule has 0 saturated heterocycles. The molecule has 0 aromatic heterocycles. The molecule has 0 aromatic carbocycles. The fourth-order valence-electron chi connectivity index (χ4n) is 3.02. The normalized spacial score (nSPS) is 28.1. The Morgan fingerprint density at radius 1 is 0.944 bits per heavy atom. The van der Waals surface area contributed by atoms with Crippen LogP contribution < -0.4 is 11.5 Å². The van der Waals surface area contributed by atoms with E-state index >= 15 is 0 Å². The Bertz CT molecular complexity index is 281. The second-order valence-corrected chi connectivity index (χ2v) is 4.84. The Labute approximate surface area is 120 Å². The van der Waals surface area contributed by atoms with Gasteiger partial charge in [-0.15, -0.1) is 0 Å². The van der Waals surface area contributed by atoms with Crippen molar-refractivity contribution in [1.29, 1.82) is 0 Å². The summed E-state index contributed by atoms with van der Waals surface area (Å²) in [4.78, 5) is 18.2. The summed E-state index contributed by atoms with van der Waals surface area (Å²) < 4.78 is 0. The number of aliphatic carboxylic acids is 2. The first-order valence-corrected chi connectivity index (χ1v) is 5.87. The maximum atomic E-state index is 9.10. The van der Waals surface area contributed by atoms with Crippen LogP contribution >= 0.6 is 0 Å². The van der Waals surface area contributed by atoms with Crippen LogP contribution in [0.25, 0.3) is 0 Å². The minimum atomic E-state index is -1.82. The molecule has 2 atom stereocenters. The van der Waals surface area contributed by atoms with Crippen LogP contribution in [0.5, 0.6) is 0 Å². The monoisotopic (exact) mass is 439 g/mol. The maximum absolute atomic E-state index is 9.10. The van der Waals surface area contributed by atoms with Gasteiger partial charge in [0, 0.05) is 38.6 Å². The van der Waals surface area contributed by atoms with E-state index in [0.29, 0.717) is 17.5 Å². The van der Waals surface area contributed by atoms with Crippen LogP contribution in [-0.2, 0) is 30.7 Å². The quantitative estimate of drug-likeness (QED) is 0.398. The molecular weight excluding hydrogens is 419 g/mol. The van der Waals surface area contributed by atoms with Crippen LogP contribution in [-0.4, -0.2) is 34.2 Å². The van der Waals surface area contributed by atoms with Crippen molar-refractivity contribution in [2.24, 2.45) is 16.9 Å². The van der Waals surface area contributed by atoms with Gasteiger partial charge in [-0.2, -0.15) is 0 Å². The summed E-state index contributed by atoms with van der Waals surface area (Å²) >= 11 is 0. The zero-order valence-corrected chi connectivity index (χ0v) is 12.4. The largest absolute Gasteiger partial charge is 0.473 e. The van der Waals surface area contributed by atoms with Crippen molar-refractivity contribution < 1.29 is 40.9 Å². The summed E-state index contributed by atoms with van der Waals surface area (Å²) in [6.07, 6.45) is 7.58. The molecule has 18 heavy (non-hydrogen) atoms. The van der Waals surface area contributed by atoms with Crippen LogP contribution in [0.3, 0.4) is 0 Å². The molecule has 6 N–H and O–H groups in total. The second kappa shape index (κ2) is 7.21. The predicted octanol–water partition coefficient (Wildman–Crippen LogP) is 0.148. The molecule has 2 saturated carbocycles. The number of hydrogen-bond donors (Lipinski definition) is 4. The zero-order chi connectivity index (χ0) is 13.1. The predicted molar refractivity (Wildman–Crippen MR) is 61.4 cm³/mol. The first-order chi connectivity index (χ1) is 7.90. The Morgan fingerprint density at radius 3 is 1.44 bits per heavy atom. The molecule has 2 rings (SSSR count). The van der Waals surface area contributed by atoms with Gasteiger partial charge in [0.25, 0.3) is 0 Å². The van der Waals surface area contributed by atoms with Gasteiger partial charge in [-0.25, -0.2) is 9.59 Å². The molecule has 2 aliphatic rings. The third-order valence-corrected chi connectivity index (χ3v) is 3.97. The van der Waals surface area contributed by atoms with Crippen LogP contribution in [0.1, 0.15) is 38.5 Å². The van der Waals surface area contributed by atoms with E-state index in [1.165, 1.54) is 38.5 Å². The Kier molecular flexibility index (Phi) is 7.03. The second-order valence-electron chi connectivity index (χ2n) is 4.84. The van der Waals surface area contributed by atoms with E-state index in [2.05, 4.69) is 0 Å². The van der Waals surface area contributed by atoms with Gasteiger partial charge in [-0.3, -0.25) is 0 Å². The Balaban J connectivity index is 0.000000362. The first kappa shape index (κ1) is 17.5. The molecule has 0 unspecified atom stereocenters. The zero-order valence-electron chi connectivity index (χ0n) is 10.1. The van der Waals surface area contributed by atoms with E-state index in [4.69, 9.17) is 31.3 Å². The number of carboxylic acid groups (broad SMARTS) is 2. The van der Waals surface area contributed by atoms with Crippen LogP contribution in [0.15, 0.2) is 0 Å². The molecule has 0 amide bonds. The average molecular weight is 439 g/mol. The van der Waals surface area contributed by atoms with Crippen molar-refractivity contribution in [3.05, 3.63) is 0 Å². The minimum absolute atomic E-state index is 0. The van der Waals surface area contributed by atoms with E-state index in [0.717, 1.165) is 0 Å². The van der Waals surface area contributed by atoms with Crippen molar-refractivity contribution >= 4 is 11.9 Å². The first-order valence-electron chi connectivity index (χ1n) is 5.87. The van der Waals surface area contributed by atoms with Crippen LogP contribution in [0, 0.1) is 5.41 Å². The van der Waals surface area contributed by atoms with Gasteiger partial charge in [-0.1, -0.05) is 12.8 Å². The van der Waals surface area contributed by atoms with Gasteiger partial charge in [0.15, 0.2) is 0 Å². The topological polar surface area (TPSA) is 127 Å². The number of hydrogen-bond acceptors (Lipinski definition) is 4. The van der Waals surface area contributed by atoms with Crippen molar-refractivity contribution in [2.45, 2.75) is 50.6 Å². The number of rotatable bonds is 0. The summed E-state index contributed by atoms with van der Waals surface area (Å²) in [5.74, 6) is -3.65. The van der Waals surface area contributed by atoms with E-state index in [-0.39, 0.29) is 21.1 Å². The van der Waals surface area contributed by atoms with Gasteiger partial charge in [0.05, 0.1) is 0 Å². The summed E-state index contributed by atoms with van der Waals surface area (Å²) in [6.45, 7) is 0. The number of carboxylic acids is 2. The van der Waals surface area contributed by atoms with Gasteiger partial charge < -0.3 is 21.7 Å². The van der Waals surface area contributed by atoms with Gasteiger partial charge >= 0.3 is 11.9 Å². The maximum Gasteiger partial charge on any atom is 0.414 e. The van der Waals surface area contributed by atoms with Crippen LogP contribution in [0.4, 0.5) is 0 Å². The summed E-state index contributed by atoms with van der Waals surface area (Å²) in [6, 6.07) is 0.806.